The molecule has 4 nitrogen and oxygen atoms in total. The smallest absolute Gasteiger partial charge is 0.0995 e. The van der Waals surface area contributed by atoms with Crippen molar-refractivity contribution in [2.75, 3.05) is 33.9 Å². The van der Waals surface area contributed by atoms with Crippen LogP contribution in [0.25, 0.3) is 0 Å². The van der Waals surface area contributed by atoms with Crippen LogP contribution in [0.15, 0.2) is 24.5 Å². The average Bonchev–Trinajstić information content (AvgIpc) is 2.33. The van der Waals surface area contributed by atoms with Crippen molar-refractivity contribution in [2.24, 2.45) is 5.92 Å². The fourth-order valence-electron chi connectivity index (χ4n) is 2.44. The molecule has 0 aliphatic carbocycles. The summed E-state index contributed by atoms with van der Waals surface area (Å²) in [6, 6.07) is 3.82. The van der Waals surface area contributed by atoms with Gasteiger partial charge in [-0.3, -0.25) is 4.98 Å². The Balaban J connectivity index is 0.00000162. The van der Waals surface area contributed by atoms with Crippen LogP contribution in [0, 0.1) is 5.92 Å². The molecule has 1 aromatic heterocycles. The molecule has 0 aromatic carbocycles. The first-order chi connectivity index (χ1) is 8.13. The van der Waals surface area contributed by atoms with Crippen molar-refractivity contribution in [1.29, 1.82) is 0 Å². The van der Waals surface area contributed by atoms with Crippen LogP contribution in [0.5, 0.6) is 0 Å². The second-order valence-electron chi connectivity index (χ2n) is 4.95. The Morgan fingerprint density at radius 3 is 2.94 bits per heavy atom. The first kappa shape index (κ1) is 15.4. The highest BCUT2D eigenvalue weighted by molar-refractivity contribution is 5.85. The van der Waals surface area contributed by atoms with Crippen LogP contribution >= 0.6 is 12.4 Å². The van der Waals surface area contributed by atoms with Gasteiger partial charge in [0.2, 0.25) is 0 Å². The number of ether oxygens (including phenoxy) is 1. The van der Waals surface area contributed by atoms with E-state index < -0.39 is 5.60 Å². The summed E-state index contributed by atoms with van der Waals surface area (Å²) in [7, 11) is 4.02. The van der Waals surface area contributed by atoms with Crippen molar-refractivity contribution in [2.45, 2.75) is 12.0 Å². The molecule has 18 heavy (non-hydrogen) atoms. The molecule has 1 N–H and O–H groups in total. The Kier molecular flexibility index (Phi) is 5.53. The minimum atomic E-state index is -0.809. The standard InChI is InChI=1S/C13H20N2O2.ClH/c1-15(2)9-12-10-17-7-5-13(12,16)11-4-3-6-14-8-11;/h3-4,6,8,12,16H,5,7,9-10H2,1-2H3;1H/t12-,13+;/m0./s1. The second kappa shape index (κ2) is 6.48. The van der Waals surface area contributed by atoms with Gasteiger partial charge in [0.15, 0.2) is 0 Å². The third-order valence-electron chi connectivity index (χ3n) is 3.37. The molecule has 2 heterocycles. The van der Waals surface area contributed by atoms with Crippen LogP contribution < -0.4 is 0 Å². The zero-order valence-electron chi connectivity index (χ0n) is 10.9. The lowest BCUT2D eigenvalue weighted by Gasteiger charge is -2.41. The number of rotatable bonds is 3. The van der Waals surface area contributed by atoms with Crippen LogP contribution in [-0.2, 0) is 10.3 Å². The van der Waals surface area contributed by atoms with Crippen LogP contribution in [-0.4, -0.2) is 48.8 Å². The van der Waals surface area contributed by atoms with Crippen molar-refractivity contribution in [3.8, 4) is 0 Å². The monoisotopic (exact) mass is 272 g/mol. The zero-order valence-corrected chi connectivity index (χ0v) is 11.7. The molecule has 1 fully saturated rings. The normalized spacial score (nSPS) is 27.9. The molecule has 1 aromatic rings. The Bertz CT molecular complexity index is 361. The van der Waals surface area contributed by atoms with E-state index in [0.29, 0.717) is 19.6 Å². The first-order valence-electron chi connectivity index (χ1n) is 5.98. The van der Waals surface area contributed by atoms with Gasteiger partial charge in [-0.05, 0) is 20.2 Å². The van der Waals surface area contributed by atoms with Gasteiger partial charge in [-0.25, -0.2) is 0 Å². The van der Waals surface area contributed by atoms with Gasteiger partial charge >= 0.3 is 0 Å². The van der Waals surface area contributed by atoms with E-state index >= 15 is 0 Å². The fraction of sp³-hybridized carbons (Fsp3) is 0.615. The number of halogens is 1. The highest BCUT2D eigenvalue weighted by Crippen LogP contribution is 2.36. The van der Waals surface area contributed by atoms with Crippen LogP contribution in [0.3, 0.4) is 0 Å². The van der Waals surface area contributed by atoms with E-state index in [0.717, 1.165) is 12.1 Å². The lowest BCUT2D eigenvalue weighted by Crippen LogP contribution is -2.47. The maximum absolute atomic E-state index is 10.9. The Hall–Kier alpha value is -0.680. The topological polar surface area (TPSA) is 45.6 Å². The highest BCUT2D eigenvalue weighted by Gasteiger charge is 2.41. The number of hydrogen-bond donors (Lipinski definition) is 1. The summed E-state index contributed by atoms with van der Waals surface area (Å²) in [5, 5.41) is 10.9. The van der Waals surface area contributed by atoms with Crippen molar-refractivity contribution in [3.63, 3.8) is 0 Å². The summed E-state index contributed by atoms with van der Waals surface area (Å²) < 4.78 is 5.49. The third kappa shape index (κ3) is 3.20. The van der Waals surface area contributed by atoms with Gasteiger partial charge in [0, 0.05) is 43.4 Å². The molecule has 1 aliphatic rings. The lowest BCUT2D eigenvalue weighted by molar-refractivity contribution is -0.123. The molecule has 5 heteroatoms. The molecule has 1 aliphatic heterocycles. The predicted molar refractivity (Wildman–Crippen MR) is 72.9 cm³/mol. The molecule has 0 radical (unpaired) electrons. The summed E-state index contributed by atoms with van der Waals surface area (Å²) in [4.78, 5) is 6.19. The molecule has 2 rings (SSSR count). The highest BCUT2D eigenvalue weighted by atomic mass is 35.5. The SMILES string of the molecule is CN(C)C[C@H]1COCC[C@@]1(O)c1cccnc1.Cl. The fourth-order valence-corrected chi connectivity index (χ4v) is 2.44. The van der Waals surface area contributed by atoms with Gasteiger partial charge in [-0.15, -0.1) is 12.4 Å². The average molecular weight is 273 g/mol. The number of nitrogens with zero attached hydrogens (tertiary/aromatic N) is 2. The second-order valence-corrected chi connectivity index (χ2v) is 4.95. The molecule has 0 bridgehead atoms. The number of aromatic nitrogens is 1. The summed E-state index contributed by atoms with van der Waals surface area (Å²) in [6.07, 6.45) is 4.12. The van der Waals surface area contributed by atoms with Crippen LogP contribution in [0.4, 0.5) is 0 Å². The molecular weight excluding hydrogens is 252 g/mol. The van der Waals surface area contributed by atoms with Gasteiger partial charge in [0.1, 0.15) is 0 Å². The lowest BCUT2D eigenvalue weighted by atomic mass is 9.78. The van der Waals surface area contributed by atoms with E-state index in [1.165, 1.54) is 0 Å². The Morgan fingerprint density at radius 2 is 2.33 bits per heavy atom. The van der Waals surface area contributed by atoms with Crippen molar-refractivity contribution >= 4 is 12.4 Å². The Morgan fingerprint density at radius 1 is 1.56 bits per heavy atom. The largest absolute Gasteiger partial charge is 0.385 e. The van der Waals surface area contributed by atoms with E-state index in [4.69, 9.17) is 4.74 Å². The Labute approximate surface area is 114 Å². The number of hydrogen-bond acceptors (Lipinski definition) is 4. The molecule has 0 saturated carbocycles. The number of pyridine rings is 1. The molecule has 0 unspecified atom stereocenters. The molecular formula is C13H21ClN2O2. The van der Waals surface area contributed by atoms with Crippen LogP contribution in [0.2, 0.25) is 0 Å². The van der Waals surface area contributed by atoms with Gasteiger partial charge < -0.3 is 14.7 Å². The quantitative estimate of drug-likeness (QED) is 0.901. The van der Waals surface area contributed by atoms with E-state index in [-0.39, 0.29) is 18.3 Å². The van der Waals surface area contributed by atoms with Gasteiger partial charge in [-0.1, -0.05) is 6.07 Å². The van der Waals surface area contributed by atoms with Gasteiger partial charge in [-0.2, -0.15) is 0 Å². The minimum Gasteiger partial charge on any atom is -0.385 e. The molecule has 1 saturated heterocycles. The summed E-state index contributed by atoms with van der Waals surface area (Å²) in [6.45, 7) is 2.02. The van der Waals surface area contributed by atoms with Crippen molar-refractivity contribution in [1.82, 2.24) is 9.88 Å². The molecule has 0 spiro atoms. The molecule has 2 atom stereocenters. The van der Waals surface area contributed by atoms with E-state index in [9.17, 15) is 5.11 Å². The number of aliphatic hydroxyl groups is 1. The van der Waals surface area contributed by atoms with Crippen molar-refractivity contribution < 1.29 is 9.84 Å². The van der Waals surface area contributed by atoms with Crippen LogP contribution in [0.1, 0.15) is 12.0 Å². The third-order valence-corrected chi connectivity index (χ3v) is 3.37. The molecule has 0 amide bonds. The maximum Gasteiger partial charge on any atom is 0.0995 e. The van der Waals surface area contributed by atoms with E-state index in [2.05, 4.69) is 9.88 Å². The summed E-state index contributed by atoms with van der Waals surface area (Å²) >= 11 is 0. The predicted octanol–water partition coefficient (Wildman–Crippen LogP) is 1.29. The first-order valence-corrected chi connectivity index (χ1v) is 5.98. The van der Waals surface area contributed by atoms with Gasteiger partial charge in [0.05, 0.1) is 12.2 Å². The molecule has 102 valence electrons. The minimum absolute atomic E-state index is 0. The summed E-state index contributed by atoms with van der Waals surface area (Å²) in [5.74, 6) is 0.0930. The summed E-state index contributed by atoms with van der Waals surface area (Å²) in [5.41, 5.74) is 0.0895. The maximum atomic E-state index is 10.9. The van der Waals surface area contributed by atoms with Gasteiger partial charge in [0.25, 0.3) is 0 Å². The van der Waals surface area contributed by atoms with Crippen molar-refractivity contribution in [3.05, 3.63) is 30.1 Å². The van der Waals surface area contributed by atoms with E-state index in [1.54, 1.807) is 12.4 Å². The van der Waals surface area contributed by atoms with E-state index in [1.807, 2.05) is 26.2 Å². The zero-order chi connectivity index (χ0) is 12.3.